The van der Waals surface area contributed by atoms with E-state index in [1.165, 1.54) is 0 Å². The van der Waals surface area contributed by atoms with Gasteiger partial charge in [-0.3, -0.25) is 9.69 Å². The highest BCUT2D eigenvalue weighted by molar-refractivity contribution is 6.32. The van der Waals surface area contributed by atoms with Gasteiger partial charge in [0.2, 0.25) is 5.91 Å². The Balaban J connectivity index is 1.54. The van der Waals surface area contributed by atoms with Gasteiger partial charge in [-0.1, -0.05) is 11.6 Å². The predicted octanol–water partition coefficient (Wildman–Crippen LogP) is 1.38. The van der Waals surface area contributed by atoms with Crippen LogP contribution in [0.1, 0.15) is 12.8 Å². The normalized spacial score (nSPS) is 29.4. The molecule has 2 heterocycles. The van der Waals surface area contributed by atoms with Crippen molar-refractivity contribution in [3.63, 3.8) is 0 Å². The lowest BCUT2D eigenvalue weighted by Crippen LogP contribution is -2.33. The summed E-state index contributed by atoms with van der Waals surface area (Å²) in [7, 11) is 0. The molecule has 20 heavy (non-hydrogen) atoms. The molecule has 0 spiro atoms. The Hall–Kier alpha value is -1.17. The Morgan fingerprint density at radius 1 is 1.50 bits per heavy atom. The molecular weight excluding hydrogens is 278 g/mol. The number of rotatable bonds is 3. The van der Waals surface area contributed by atoms with Gasteiger partial charge in [-0.2, -0.15) is 0 Å². The number of amides is 1. The van der Waals surface area contributed by atoms with Gasteiger partial charge in [-0.05, 0) is 30.9 Å². The Labute approximate surface area is 122 Å². The third kappa shape index (κ3) is 2.80. The Bertz CT molecular complexity index is 511. The van der Waals surface area contributed by atoms with Crippen LogP contribution in [0.15, 0.2) is 18.3 Å². The van der Waals surface area contributed by atoms with Crippen molar-refractivity contribution in [2.45, 2.75) is 18.9 Å². The number of likely N-dealkylation sites (tertiary alicyclic amines) is 1. The maximum atomic E-state index is 12.0. The first-order valence-electron chi connectivity index (χ1n) is 6.94. The molecule has 2 fully saturated rings. The average molecular weight is 296 g/mol. The molecule has 1 amide bonds. The standard InChI is InChI=1S/C14H18ClN3O2/c15-14-11(2-1-5-16-14)17-13(20)8-18-6-9-3-4-12(19)10(9)7-18/h1-2,5,9-10,12,19H,3-4,6-8H2,(H,17,20). The van der Waals surface area contributed by atoms with E-state index in [4.69, 9.17) is 11.6 Å². The summed E-state index contributed by atoms with van der Waals surface area (Å²) in [4.78, 5) is 18.1. The second-order valence-corrected chi connectivity index (χ2v) is 6.01. The van der Waals surface area contributed by atoms with Crippen molar-refractivity contribution < 1.29 is 9.90 Å². The molecule has 1 aliphatic heterocycles. The summed E-state index contributed by atoms with van der Waals surface area (Å²) in [5.41, 5.74) is 0.540. The fraction of sp³-hybridized carbons (Fsp3) is 0.571. The molecule has 2 aliphatic rings. The first-order chi connectivity index (χ1) is 9.63. The van der Waals surface area contributed by atoms with Crippen molar-refractivity contribution in [2.75, 3.05) is 25.0 Å². The highest BCUT2D eigenvalue weighted by Crippen LogP contribution is 2.37. The number of halogens is 1. The molecule has 2 N–H and O–H groups in total. The summed E-state index contributed by atoms with van der Waals surface area (Å²) in [5, 5.41) is 12.9. The Kier molecular flexibility index (Phi) is 3.92. The van der Waals surface area contributed by atoms with Crippen LogP contribution < -0.4 is 5.32 Å². The van der Waals surface area contributed by atoms with Crippen LogP contribution in [0.2, 0.25) is 5.15 Å². The van der Waals surface area contributed by atoms with Gasteiger partial charge in [0, 0.05) is 25.2 Å². The lowest BCUT2D eigenvalue weighted by molar-refractivity contribution is -0.117. The fourth-order valence-corrected chi connectivity index (χ4v) is 3.50. The Morgan fingerprint density at radius 2 is 2.35 bits per heavy atom. The first kappa shape index (κ1) is 13.8. The molecule has 1 aliphatic carbocycles. The van der Waals surface area contributed by atoms with Gasteiger partial charge in [0.05, 0.1) is 18.3 Å². The van der Waals surface area contributed by atoms with Gasteiger partial charge in [0.1, 0.15) is 0 Å². The lowest BCUT2D eigenvalue weighted by Gasteiger charge is -2.17. The van der Waals surface area contributed by atoms with E-state index in [0.717, 1.165) is 25.9 Å². The van der Waals surface area contributed by atoms with E-state index in [0.29, 0.717) is 29.2 Å². The first-order valence-corrected chi connectivity index (χ1v) is 7.32. The van der Waals surface area contributed by atoms with E-state index in [1.807, 2.05) is 0 Å². The smallest absolute Gasteiger partial charge is 0.238 e. The van der Waals surface area contributed by atoms with E-state index in [2.05, 4.69) is 15.2 Å². The molecule has 5 nitrogen and oxygen atoms in total. The van der Waals surface area contributed by atoms with Crippen LogP contribution in [0, 0.1) is 11.8 Å². The zero-order valence-electron chi connectivity index (χ0n) is 11.1. The maximum Gasteiger partial charge on any atom is 0.238 e. The van der Waals surface area contributed by atoms with Gasteiger partial charge in [0.15, 0.2) is 5.15 Å². The lowest BCUT2D eigenvalue weighted by atomic mass is 10.00. The van der Waals surface area contributed by atoms with Crippen LogP contribution in [-0.4, -0.2) is 46.6 Å². The molecule has 6 heteroatoms. The monoisotopic (exact) mass is 295 g/mol. The van der Waals surface area contributed by atoms with Crippen molar-refractivity contribution in [1.29, 1.82) is 0 Å². The second-order valence-electron chi connectivity index (χ2n) is 5.65. The van der Waals surface area contributed by atoms with Gasteiger partial charge in [-0.15, -0.1) is 0 Å². The molecule has 3 rings (SSSR count). The summed E-state index contributed by atoms with van der Waals surface area (Å²) < 4.78 is 0. The molecular formula is C14H18ClN3O2. The van der Waals surface area contributed by atoms with Crippen LogP contribution in [0.4, 0.5) is 5.69 Å². The van der Waals surface area contributed by atoms with Gasteiger partial charge in [0.25, 0.3) is 0 Å². The number of aromatic nitrogens is 1. The molecule has 108 valence electrons. The second kappa shape index (κ2) is 5.68. The molecule has 1 saturated carbocycles. The number of anilines is 1. The average Bonchev–Trinajstić information content (AvgIpc) is 2.95. The van der Waals surface area contributed by atoms with Crippen molar-refractivity contribution in [1.82, 2.24) is 9.88 Å². The minimum absolute atomic E-state index is 0.0886. The topological polar surface area (TPSA) is 65.5 Å². The van der Waals surface area contributed by atoms with Crippen LogP contribution >= 0.6 is 11.6 Å². The number of hydrogen-bond donors (Lipinski definition) is 2. The van der Waals surface area contributed by atoms with Crippen molar-refractivity contribution in [3.05, 3.63) is 23.5 Å². The third-order valence-corrected chi connectivity index (χ3v) is 4.60. The molecule has 0 aromatic carbocycles. The number of aliphatic hydroxyl groups excluding tert-OH is 1. The predicted molar refractivity (Wildman–Crippen MR) is 76.5 cm³/mol. The number of carbonyl (C=O) groups excluding carboxylic acids is 1. The van der Waals surface area contributed by atoms with E-state index in [-0.39, 0.29) is 12.0 Å². The molecule has 1 aromatic rings. The summed E-state index contributed by atoms with van der Waals surface area (Å²) >= 11 is 5.91. The zero-order valence-corrected chi connectivity index (χ0v) is 11.9. The molecule has 1 aromatic heterocycles. The number of aliphatic hydroxyl groups is 1. The van der Waals surface area contributed by atoms with E-state index < -0.39 is 0 Å². The quantitative estimate of drug-likeness (QED) is 0.827. The number of nitrogens with zero attached hydrogens (tertiary/aromatic N) is 2. The van der Waals surface area contributed by atoms with E-state index in [1.54, 1.807) is 18.3 Å². The van der Waals surface area contributed by atoms with Crippen LogP contribution in [0.5, 0.6) is 0 Å². The fourth-order valence-electron chi connectivity index (χ4n) is 3.33. The number of nitrogens with one attached hydrogen (secondary N) is 1. The summed E-state index contributed by atoms with van der Waals surface area (Å²) in [6.07, 6.45) is 3.36. The third-order valence-electron chi connectivity index (χ3n) is 4.30. The van der Waals surface area contributed by atoms with Gasteiger partial charge < -0.3 is 10.4 Å². The summed E-state index contributed by atoms with van der Waals surface area (Å²) in [6.45, 7) is 2.04. The van der Waals surface area contributed by atoms with Crippen LogP contribution in [-0.2, 0) is 4.79 Å². The van der Waals surface area contributed by atoms with Gasteiger partial charge >= 0.3 is 0 Å². The highest BCUT2D eigenvalue weighted by atomic mass is 35.5. The van der Waals surface area contributed by atoms with E-state index >= 15 is 0 Å². The highest BCUT2D eigenvalue weighted by Gasteiger charge is 2.41. The molecule has 3 atom stereocenters. The minimum atomic E-state index is -0.194. The minimum Gasteiger partial charge on any atom is -0.393 e. The van der Waals surface area contributed by atoms with Gasteiger partial charge in [-0.25, -0.2) is 4.98 Å². The maximum absolute atomic E-state index is 12.0. The zero-order chi connectivity index (χ0) is 14.1. The summed E-state index contributed by atoms with van der Waals surface area (Å²) in [6, 6.07) is 3.47. The van der Waals surface area contributed by atoms with Crippen LogP contribution in [0.25, 0.3) is 0 Å². The summed E-state index contributed by atoms with van der Waals surface area (Å²) in [5.74, 6) is 0.791. The van der Waals surface area contributed by atoms with Crippen molar-refractivity contribution >= 4 is 23.2 Å². The Morgan fingerprint density at radius 3 is 3.10 bits per heavy atom. The molecule has 0 radical (unpaired) electrons. The number of carbonyl (C=O) groups is 1. The molecule has 1 saturated heterocycles. The molecule has 3 unspecified atom stereocenters. The van der Waals surface area contributed by atoms with Crippen molar-refractivity contribution in [2.24, 2.45) is 11.8 Å². The number of fused-ring (bicyclic) bond motifs is 1. The number of hydrogen-bond acceptors (Lipinski definition) is 4. The largest absolute Gasteiger partial charge is 0.393 e. The molecule has 0 bridgehead atoms. The van der Waals surface area contributed by atoms with Crippen LogP contribution in [0.3, 0.4) is 0 Å². The van der Waals surface area contributed by atoms with E-state index in [9.17, 15) is 9.90 Å². The van der Waals surface area contributed by atoms with Crippen molar-refractivity contribution in [3.8, 4) is 0 Å². The number of pyridine rings is 1. The SMILES string of the molecule is O=C(CN1CC2CCC(O)C2C1)Nc1cccnc1Cl.